The van der Waals surface area contributed by atoms with Crippen LogP contribution in [0.2, 0.25) is 5.02 Å². The monoisotopic (exact) mass is 266 g/mol. The highest BCUT2D eigenvalue weighted by Crippen LogP contribution is 2.15. The van der Waals surface area contributed by atoms with E-state index in [1.165, 1.54) is 11.0 Å². The van der Waals surface area contributed by atoms with Gasteiger partial charge in [0.1, 0.15) is 0 Å². The summed E-state index contributed by atoms with van der Waals surface area (Å²) in [4.78, 5) is 24.1. The molecule has 0 saturated carbocycles. The average molecular weight is 267 g/mol. The molecule has 0 spiro atoms. The molecule has 0 aliphatic heterocycles. The van der Waals surface area contributed by atoms with Crippen LogP contribution in [0.1, 0.15) is 5.56 Å². The number of carbonyl (C=O) groups is 2. The Balaban J connectivity index is 2.50. The van der Waals surface area contributed by atoms with Gasteiger partial charge in [0.05, 0.1) is 6.54 Å². The standard InChI is InChI=1S/C13H15ClN2O2/c1-16(2)13(18)9-15-12(17)8-7-10-5-3-4-6-11(10)14/h3-8H,9H2,1-2H3,(H,15,17)/b8-7+. The van der Waals surface area contributed by atoms with E-state index in [9.17, 15) is 9.59 Å². The zero-order valence-corrected chi connectivity index (χ0v) is 11.1. The summed E-state index contributed by atoms with van der Waals surface area (Å²) in [5.41, 5.74) is 0.758. The second-order valence-corrected chi connectivity index (χ2v) is 4.27. The van der Waals surface area contributed by atoms with E-state index in [-0.39, 0.29) is 18.4 Å². The molecule has 0 radical (unpaired) electrons. The first-order valence-corrected chi connectivity index (χ1v) is 5.79. The van der Waals surface area contributed by atoms with Crippen molar-refractivity contribution in [2.24, 2.45) is 0 Å². The quantitative estimate of drug-likeness (QED) is 0.841. The Hall–Kier alpha value is -1.81. The zero-order valence-electron chi connectivity index (χ0n) is 10.3. The number of rotatable bonds is 4. The van der Waals surface area contributed by atoms with Crippen molar-refractivity contribution in [1.29, 1.82) is 0 Å². The van der Waals surface area contributed by atoms with Crippen molar-refractivity contribution in [3.8, 4) is 0 Å². The number of benzene rings is 1. The molecular weight excluding hydrogens is 252 g/mol. The Morgan fingerprint density at radius 3 is 2.61 bits per heavy atom. The third-order valence-electron chi connectivity index (χ3n) is 2.23. The predicted molar refractivity (Wildman–Crippen MR) is 72.2 cm³/mol. The van der Waals surface area contributed by atoms with Crippen molar-refractivity contribution < 1.29 is 9.59 Å². The molecule has 4 nitrogen and oxygen atoms in total. The van der Waals surface area contributed by atoms with Crippen molar-refractivity contribution in [2.75, 3.05) is 20.6 Å². The summed E-state index contributed by atoms with van der Waals surface area (Å²) in [6.07, 6.45) is 2.96. The number of hydrogen-bond acceptors (Lipinski definition) is 2. The van der Waals surface area contributed by atoms with Gasteiger partial charge in [-0.25, -0.2) is 0 Å². The van der Waals surface area contributed by atoms with Crippen LogP contribution in [0.4, 0.5) is 0 Å². The van der Waals surface area contributed by atoms with Gasteiger partial charge in [0.2, 0.25) is 11.8 Å². The minimum Gasteiger partial charge on any atom is -0.347 e. The maximum atomic E-state index is 11.4. The van der Waals surface area contributed by atoms with Gasteiger partial charge in [-0.2, -0.15) is 0 Å². The number of carbonyl (C=O) groups excluding carboxylic acids is 2. The van der Waals surface area contributed by atoms with Crippen LogP contribution >= 0.6 is 11.6 Å². The Morgan fingerprint density at radius 1 is 1.33 bits per heavy atom. The largest absolute Gasteiger partial charge is 0.347 e. The first-order valence-electron chi connectivity index (χ1n) is 5.41. The first-order chi connectivity index (χ1) is 8.50. The topological polar surface area (TPSA) is 49.4 Å². The van der Waals surface area contributed by atoms with Gasteiger partial charge < -0.3 is 10.2 Å². The average Bonchev–Trinajstić information content (AvgIpc) is 2.34. The molecule has 0 heterocycles. The molecule has 0 aromatic heterocycles. The SMILES string of the molecule is CN(C)C(=O)CNC(=O)/C=C/c1ccccc1Cl. The molecule has 2 amide bonds. The lowest BCUT2D eigenvalue weighted by Crippen LogP contribution is -2.35. The van der Waals surface area contributed by atoms with E-state index < -0.39 is 0 Å². The van der Waals surface area contributed by atoms with Crippen LogP contribution in [0.3, 0.4) is 0 Å². The summed E-state index contributed by atoms with van der Waals surface area (Å²) in [5.74, 6) is -0.486. The fourth-order valence-electron chi connectivity index (χ4n) is 1.16. The van der Waals surface area contributed by atoms with Crippen LogP contribution in [0.25, 0.3) is 6.08 Å². The van der Waals surface area contributed by atoms with E-state index in [2.05, 4.69) is 5.32 Å². The van der Waals surface area contributed by atoms with Crippen molar-refractivity contribution in [3.63, 3.8) is 0 Å². The first kappa shape index (κ1) is 14.3. The molecule has 18 heavy (non-hydrogen) atoms. The summed E-state index contributed by atoms with van der Waals surface area (Å²) in [6, 6.07) is 7.19. The molecule has 0 aliphatic rings. The van der Waals surface area contributed by atoms with Gasteiger partial charge in [0.25, 0.3) is 0 Å². The molecule has 0 unspecified atom stereocenters. The summed E-state index contributed by atoms with van der Waals surface area (Å²) < 4.78 is 0. The van der Waals surface area contributed by atoms with E-state index >= 15 is 0 Å². The van der Waals surface area contributed by atoms with Crippen LogP contribution < -0.4 is 5.32 Å². The van der Waals surface area contributed by atoms with Crippen molar-refractivity contribution in [3.05, 3.63) is 40.9 Å². The lowest BCUT2D eigenvalue weighted by atomic mass is 10.2. The Bertz CT molecular complexity index is 470. The number of amides is 2. The highest BCUT2D eigenvalue weighted by Gasteiger charge is 2.04. The third kappa shape index (κ3) is 4.59. The fourth-order valence-corrected chi connectivity index (χ4v) is 1.35. The Labute approximate surface area is 111 Å². The molecule has 1 aromatic carbocycles. The van der Waals surface area contributed by atoms with Gasteiger partial charge in [-0.15, -0.1) is 0 Å². The number of halogens is 1. The van der Waals surface area contributed by atoms with Gasteiger partial charge in [0, 0.05) is 25.2 Å². The highest BCUT2D eigenvalue weighted by molar-refractivity contribution is 6.32. The van der Waals surface area contributed by atoms with Gasteiger partial charge in [-0.1, -0.05) is 29.8 Å². The molecule has 1 N–H and O–H groups in total. The minimum absolute atomic E-state index is 0.0152. The molecule has 0 bridgehead atoms. The molecule has 1 rings (SSSR count). The second-order valence-electron chi connectivity index (χ2n) is 3.86. The second kappa shape index (κ2) is 6.81. The molecule has 0 aliphatic carbocycles. The predicted octanol–water partition coefficient (Wildman–Crippen LogP) is 1.56. The molecule has 0 saturated heterocycles. The van der Waals surface area contributed by atoms with Gasteiger partial charge >= 0.3 is 0 Å². The van der Waals surface area contributed by atoms with Crippen LogP contribution in [-0.2, 0) is 9.59 Å². The zero-order chi connectivity index (χ0) is 13.5. The molecule has 5 heteroatoms. The smallest absolute Gasteiger partial charge is 0.244 e. The summed E-state index contributed by atoms with van der Waals surface area (Å²) in [6.45, 7) is -0.0152. The van der Waals surface area contributed by atoms with E-state index in [1.807, 2.05) is 12.1 Å². The lowest BCUT2D eigenvalue weighted by molar-refractivity contribution is -0.129. The van der Waals surface area contributed by atoms with Crippen LogP contribution in [0.15, 0.2) is 30.3 Å². The molecular formula is C13H15ClN2O2. The van der Waals surface area contributed by atoms with E-state index in [0.717, 1.165) is 5.56 Å². The molecule has 1 aromatic rings. The summed E-state index contributed by atoms with van der Waals surface area (Å²) in [5, 5.41) is 3.07. The van der Waals surface area contributed by atoms with Gasteiger partial charge in [-0.3, -0.25) is 9.59 Å². The lowest BCUT2D eigenvalue weighted by Gasteiger charge is -2.09. The number of nitrogens with one attached hydrogen (secondary N) is 1. The fraction of sp³-hybridized carbons (Fsp3) is 0.231. The number of likely N-dealkylation sites (N-methyl/N-ethyl adjacent to an activating group) is 1. The van der Waals surface area contributed by atoms with Gasteiger partial charge in [0.15, 0.2) is 0 Å². The Kier molecular flexibility index (Phi) is 5.39. The number of nitrogens with zero attached hydrogens (tertiary/aromatic N) is 1. The third-order valence-corrected chi connectivity index (χ3v) is 2.58. The highest BCUT2D eigenvalue weighted by atomic mass is 35.5. The van der Waals surface area contributed by atoms with Crippen molar-refractivity contribution in [1.82, 2.24) is 10.2 Å². The van der Waals surface area contributed by atoms with Crippen LogP contribution in [-0.4, -0.2) is 37.4 Å². The minimum atomic E-state index is -0.329. The summed E-state index contributed by atoms with van der Waals surface area (Å²) in [7, 11) is 3.27. The van der Waals surface area contributed by atoms with Crippen LogP contribution in [0.5, 0.6) is 0 Å². The maximum absolute atomic E-state index is 11.4. The van der Waals surface area contributed by atoms with E-state index in [0.29, 0.717) is 5.02 Å². The van der Waals surface area contributed by atoms with Crippen LogP contribution in [0, 0.1) is 0 Å². The maximum Gasteiger partial charge on any atom is 0.244 e. The normalized spacial score (nSPS) is 10.4. The van der Waals surface area contributed by atoms with Gasteiger partial charge in [-0.05, 0) is 17.7 Å². The Morgan fingerprint density at radius 2 is 2.00 bits per heavy atom. The summed E-state index contributed by atoms with van der Waals surface area (Å²) >= 11 is 5.93. The molecule has 0 fully saturated rings. The van der Waals surface area contributed by atoms with E-state index in [4.69, 9.17) is 11.6 Å². The number of hydrogen-bond donors (Lipinski definition) is 1. The van der Waals surface area contributed by atoms with Crippen molar-refractivity contribution in [2.45, 2.75) is 0 Å². The molecule has 96 valence electrons. The van der Waals surface area contributed by atoms with E-state index in [1.54, 1.807) is 32.3 Å². The molecule has 0 atom stereocenters. The van der Waals surface area contributed by atoms with Crippen molar-refractivity contribution >= 4 is 29.5 Å².